The molecule has 0 aromatic carbocycles. The minimum absolute atomic E-state index is 0.0716. The standard InChI is InChI=1S/C10H10ClN3O3S/c1-7-5-10(14(2)13-7)17-9-4-3-8(6-12-9)18(11,15)16/h3-6H,1-2H3. The summed E-state index contributed by atoms with van der Waals surface area (Å²) in [5, 5.41) is 4.11. The van der Waals surface area contributed by atoms with E-state index in [1.54, 1.807) is 17.8 Å². The number of hydrogen-bond donors (Lipinski definition) is 0. The molecule has 0 N–H and O–H groups in total. The maximum atomic E-state index is 11.0. The van der Waals surface area contributed by atoms with Gasteiger partial charge in [0.25, 0.3) is 9.05 Å². The highest BCUT2D eigenvalue weighted by atomic mass is 35.7. The average molecular weight is 288 g/mol. The van der Waals surface area contributed by atoms with E-state index in [-0.39, 0.29) is 10.8 Å². The summed E-state index contributed by atoms with van der Waals surface area (Å²) in [6.45, 7) is 1.84. The van der Waals surface area contributed by atoms with Gasteiger partial charge in [0.15, 0.2) is 0 Å². The highest BCUT2D eigenvalue weighted by molar-refractivity contribution is 8.13. The molecule has 0 radical (unpaired) electrons. The first-order chi connectivity index (χ1) is 8.36. The number of hydrogen-bond acceptors (Lipinski definition) is 5. The zero-order valence-corrected chi connectivity index (χ0v) is 11.2. The van der Waals surface area contributed by atoms with E-state index in [1.807, 2.05) is 6.92 Å². The highest BCUT2D eigenvalue weighted by Crippen LogP contribution is 2.21. The second kappa shape index (κ2) is 4.58. The molecule has 2 rings (SSSR count). The quantitative estimate of drug-likeness (QED) is 0.805. The van der Waals surface area contributed by atoms with E-state index < -0.39 is 9.05 Å². The van der Waals surface area contributed by atoms with Gasteiger partial charge in [-0.25, -0.2) is 18.1 Å². The predicted molar refractivity (Wildman–Crippen MR) is 65.3 cm³/mol. The Kier molecular flexibility index (Phi) is 3.27. The van der Waals surface area contributed by atoms with Crippen LogP contribution in [-0.2, 0) is 16.1 Å². The van der Waals surface area contributed by atoms with Crippen LogP contribution in [0.25, 0.3) is 0 Å². The molecule has 0 unspecified atom stereocenters. The Balaban J connectivity index is 2.24. The third-order valence-electron chi connectivity index (χ3n) is 2.16. The van der Waals surface area contributed by atoms with Crippen molar-refractivity contribution < 1.29 is 13.2 Å². The van der Waals surface area contributed by atoms with Crippen LogP contribution in [0.1, 0.15) is 5.69 Å². The van der Waals surface area contributed by atoms with Gasteiger partial charge in [0, 0.05) is 29.9 Å². The summed E-state index contributed by atoms with van der Waals surface area (Å²) < 4.78 is 29.1. The van der Waals surface area contributed by atoms with E-state index in [2.05, 4.69) is 10.1 Å². The molecule has 96 valence electrons. The van der Waals surface area contributed by atoms with Crippen LogP contribution in [0.4, 0.5) is 0 Å². The van der Waals surface area contributed by atoms with Crippen LogP contribution in [0.5, 0.6) is 11.8 Å². The third kappa shape index (κ3) is 2.80. The van der Waals surface area contributed by atoms with Gasteiger partial charge < -0.3 is 4.74 Å². The van der Waals surface area contributed by atoms with Crippen molar-refractivity contribution in [2.24, 2.45) is 7.05 Å². The van der Waals surface area contributed by atoms with Crippen LogP contribution in [0.3, 0.4) is 0 Å². The molecule has 0 atom stereocenters. The molecule has 8 heteroatoms. The van der Waals surface area contributed by atoms with E-state index in [9.17, 15) is 8.42 Å². The van der Waals surface area contributed by atoms with Gasteiger partial charge in [0.1, 0.15) is 4.90 Å². The van der Waals surface area contributed by atoms with Gasteiger partial charge >= 0.3 is 0 Å². The van der Waals surface area contributed by atoms with Gasteiger partial charge in [-0.1, -0.05) is 0 Å². The molecule has 0 bridgehead atoms. The fourth-order valence-corrected chi connectivity index (χ4v) is 2.04. The van der Waals surface area contributed by atoms with Gasteiger partial charge in [0.2, 0.25) is 11.8 Å². The number of rotatable bonds is 3. The summed E-state index contributed by atoms with van der Waals surface area (Å²) in [6, 6.07) is 4.50. The molecule has 2 aromatic heterocycles. The van der Waals surface area contributed by atoms with Gasteiger partial charge in [-0.05, 0) is 13.0 Å². The minimum Gasteiger partial charge on any atom is -0.421 e. The minimum atomic E-state index is -3.76. The molecule has 0 spiro atoms. The van der Waals surface area contributed by atoms with Gasteiger partial charge in [-0.3, -0.25) is 0 Å². The molecule has 18 heavy (non-hydrogen) atoms. The Morgan fingerprint density at radius 3 is 2.56 bits per heavy atom. The van der Waals surface area contributed by atoms with E-state index in [1.165, 1.54) is 12.1 Å². The molecule has 0 saturated carbocycles. The molecule has 2 heterocycles. The zero-order valence-electron chi connectivity index (χ0n) is 9.66. The maximum Gasteiger partial charge on any atom is 0.262 e. The molecule has 2 aromatic rings. The van der Waals surface area contributed by atoms with Gasteiger partial charge in [0.05, 0.1) is 11.9 Å². The lowest BCUT2D eigenvalue weighted by Gasteiger charge is -2.04. The fourth-order valence-electron chi connectivity index (χ4n) is 1.36. The van der Waals surface area contributed by atoms with Crippen LogP contribution in [0, 0.1) is 6.92 Å². The smallest absolute Gasteiger partial charge is 0.262 e. The van der Waals surface area contributed by atoms with E-state index in [0.29, 0.717) is 5.88 Å². The second-order valence-electron chi connectivity index (χ2n) is 3.62. The van der Waals surface area contributed by atoms with Crippen LogP contribution in [0.2, 0.25) is 0 Å². The number of pyridine rings is 1. The predicted octanol–water partition coefficient (Wildman–Crippen LogP) is 1.84. The van der Waals surface area contributed by atoms with Crippen molar-refractivity contribution in [2.45, 2.75) is 11.8 Å². The number of nitrogens with zero attached hydrogens (tertiary/aromatic N) is 3. The molecule has 0 aliphatic heterocycles. The van der Waals surface area contributed by atoms with E-state index in [0.717, 1.165) is 11.9 Å². The molecule has 0 fully saturated rings. The first-order valence-corrected chi connectivity index (χ1v) is 7.26. The van der Waals surface area contributed by atoms with E-state index in [4.69, 9.17) is 15.4 Å². The topological polar surface area (TPSA) is 74.1 Å². The van der Waals surface area contributed by atoms with Crippen molar-refractivity contribution in [3.63, 3.8) is 0 Å². The number of aryl methyl sites for hydroxylation is 2. The maximum absolute atomic E-state index is 11.0. The first kappa shape index (κ1) is 12.8. The van der Waals surface area contributed by atoms with Crippen molar-refractivity contribution in [2.75, 3.05) is 0 Å². The monoisotopic (exact) mass is 287 g/mol. The van der Waals surface area contributed by atoms with Gasteiger partial charge in [-0.15, -0.1) is 0 Å². The summed E-state index contributed by atoms with van der Waals surface area (Å²) >= 11 is 0. The third-order valence-corrected chi connectivity index (χ3v) is 3.50. The molecule has 6 nitrogen and oxygen atoms in total. The lowest BCUT2D eigenvalue weighted by molar-refractivity contribution is 0.415. The average Bonchev–Trinajstić information content (AvgIpc) is 2.57. The second-order valence-corrected chi connectivity index (χ2v) is 6.19. The Bertz CT molecular complexity index is 664. The van der Waals surface area contributed by atoms with Crippen LogP contribution in [-0.4, -0.2) is 23.2 Å². The van der Waals surface area contributed by atoms with Crippen molar-refractivity contribution in [1.82, 2.24) is 14.8 Å². The Hall–Kier alpha value is -1.60. The lowest BCUT2D eigenvalue weighted by Crippen LogP contribution is -1.97. The number of halogens is 1. The van der Waals surface area contributed by atoms with Gasteiger partial charge in [-0.2, -0.15) is 5.10 Å². The molecular weight excluding hydrogens is 278 g/mol. The van der Waals surface area contributed by atoms with Crippen molar-refractivity contribution >= 4 is 19.7 Å². The molecule has 0 aliphatic carbocycles. The largest absolute Gasteiger partial charge is 0.421 e. The number of aromatic nitrogens is 3. The summed E-state index contributed by atoms with van der Waals surface area (Å²) in [5.74, 6) is 0.781. The van der Waals surface area contributed by atoms with Crippen LogP contribution in [0.15, 0.2) is 29.3 Å². The Morgan fingerprint density at radius 2 is 2.11 bits per heavy atom. The highest BCUT2D eigenvalue weighted by Gasteiger charge is 2.11. The first-order valence-electron chi connectivity index (χ1n) is 4.95. The summed E-state index contributed by atoms with van der Waals surface area (Å²) in [5.41, 5.74) is 0.812. The Labute approximate surface area is 109 Å². The van der Waals surface area contributed by atoms with Crippen LogP contribution < -0.4 is 4.74 Å². The molecule has 0 saturated heterocycles. The van der Waals surface area contributed by atoms with Crippen molar-refractivity contribution in [3.05, 3.63) is 30.1 Å². The van der Waals surface area contributed by atoms with E-state index >= 15 is 0 Å². The summed E-state index contributed by atoms with van der Waals surface area (Å²) in [4.78, 5) is 3.79. The molecular formula is C10H10ClN3O3S. The van der Waals surface area contributed by atoms with Crippen LogP contribution >= 0.6 is 10.7 Å². The summed E-state index contributed by atoms with van der Waals surface area (Å²) in [7, 11) is 3.15. The summed E-state index contributed by atoms with van der Waals surface area (Å²) in [6.07, 6.45) is 1.14. The van der Waals surface area contributed by atoms with Crippen molar-refractivity contribution in [1.29, 1.82) is 0 Å². The molecule has 0 amide bonds. The SMILES string of the molecule is Cc1cc(Oc2ccc(S(=O)(=O)Cl)cn2)n(C)n1. The molecule has 0 aliphatic rings. The fraction of sp³-hybridized carbons (Fsp3) is 0.200. The normalized spacial score (nSPS) is 11.5. The zero-order chi connectivity index (χ0) is 13.3. The van der Waals surface area contributed by atoms with Crippen molar-refractivity contribution in [3.8, 4) is 11.8 Å². The number of ether oxygens (including phenoxy) is 1. The Morgan fingerprint density at radius 1 is 1.39 bits per heavy atom. The lowest BCUT2D eigenvalue weighted by atomic mass is 10.5.